The fourth-order valence-corrected chi connectivity index (χ4v) is 4.62. The monoisotopic (exact) mass is 403 g/mol. The molecule has 0 saturated carbocycles. The van der Waals surface area contributed by atoms with Crippen LogP contribution in [0.3, 0.4) is 0 Å². The van der Waals surface area contributed by atoms with Crippen LogP contribution in [0.1, 0.15) is 10.4 Å². The summed E-state index contributed by atoms with van der Waals surface area (Å²) in [5.41, 5.74) is -0.480. The van der Waals surface area contributed by atoms with Crippen molar-refractivity contribution in [3.05, 3.63) is 61.3 Å². The summed E-state index contributed by atoms with van der Waals surface area (Å²) in [5.74, 6) is -1.80. The van der Waals surface area contributed by atoms with Gasteiger partial charge in [0.05, 0.1) is 20.0 Å². The number of nitro groups is 1. The number of nitro benzene ring substituents is 1. The predicted molar refractivity (Wildman–Crippen MR) is 87.0 cm³/mol. The average molecular weight is 405 g/mol. The van der Waals surface area contributed by atoms with E-state index in [4.69, 9.17) is 11.6 Å². The highest BCUT2D eigenvalue weighted by atomic mass is 79.9. The third-order valence-corrected chi connectivity index (χ3v) is 6.11. The van der Waals surface area contributed by atoms with Crippen LogP contribution in [0.15, 0.2) is 34.8 Å². The third kappa shape index (κ3) is 3.52. The van der Waals surface area contributed by atoms with Crippen LogP contribution in [-0.2, 0) is 0 Å². The second-order valence-corrected chi connectivity index (χ2v) is 7.57. The van der Waals surface area contributed by atoms with Crippen molar-refractivity contribution in [1.29, 1.82) is 0 Å². The Bertz CT molecular complexity index is 752. The Hall–Kier alpha value is -1.77. The molecule has 1 N–H and O–H groups in total. The van der Waals surface area contributed by atoms with Crippen molar-refractivity contribution in [3.63, 3.8) is 0 Å². The van der Waals surface area contributed by atoms with E-state index in [0.717, 1.165) is 0 Å². The maximum Gasteiger partial charge on any atom is 0.335 e. The Morgan fingerprint density at radius 3 is 2.64 bits per heavy atom. The van der Waals surface area contributed by atoms with Crippen LogP contribution < -0.4 is 10.4 Å². The van der Waals surface area contributed by atoms with Crippen molar-refractivity contribution in [2.24, 2.45) is 0 Å². The topological polar surface area (TPSA) is 80.4 Å². The average Bonchev–Trinajstić information content (AvgIpc) is 2.43. The van der Waals surface area contributed by atoms with Crippen LogP contribution in [-0.4, -0.2) is 25.5 Å². The zero-order chi connectivity index (χ0) is 16.4. The van der Waals surface area contributed by atoms with E-state index in [1.807, 2.05) is 0 Å². The second kappa shape index (κ2) is 6.55. The summed E-state index contributed by atoms with van der Waals surface area (Å²) in [6.07, 6.45) is 0. The molecular weight excluding hydrogens is 397 g/mol. The second-order valence-electron chi connectivity index (χ2n) is 4.43. The highest BCUT2D eigenvalue weighted by molar-refractivity contribution is 9.10. The molecule has 0 amide bonds. The molecule has 0 unspecified atom stereocenters. The molecule has 22 heavy (non-hydrogen) atoms. The quantitative estimate of drug-likeness (QED) is 0.480. The fourth-order valence-electron chi connectivity index (χ4n) is 2.03. The highest BCUT2D eigenvalue weighted by Crippen LogP contribution is 2.20. The molecule has 5 nitrogen and oxygen atoms in total. The molecule has 2 rings (SSSR count). The molecule has 0 bridgehead atoms. The third-order valence-electron chi connectivity index (χ3n) is 2.99. The maximum atomic E-state index is 13.3. The van der Waals surface area contributed by atoms with Gasteiger partial charge in [-0.15, -0.1) is 0 Å². The molecule has 9 heteroatoms. The standard InChI is InChI=1S/C13H8BrClFNO4Si/c14-6-3-8(13(18)19)12(10(4-6)17(20)21)22-11-5-7(16)1-2-9(11)15/h1-5H,22H2,(H,18,19). The van der Waals surface area contributed by atoms with Crippen molar-refractivity contribution in [2.45, 2.75) is 0 Å². The van der Waals surface area contributed by atoms with Crippen molar-refractivity contribution in [1.82, 2.24) is 0 Å². The van der Waals surface area contributed by atoms with Crippen LogP contribution in [0.25, 0.3) is 0 Å². The largest absolute Gasteiger partial charge is 0.478 e. The van der Waals surface area contributed by atoms with Crippen molar-refractivity contribution in [3.8, 4) is 0 Å². The number of carbonyl (C=O) groups is 1. The Morgan fingerprint density at radius 1 is 1.36 bits per heavy atom. The van der Waals surface area contributed by atoms with E-state index in [0.29, 0.717) is 9.66 Å². The minimum absolute atomic E-state index is 0.105. The first kappa shape index (κ1) is 16.6. The van der Waals surface area contributed by atoms with Crippen LogP contribution in [0.2, 0.25) is 5.02 Å². The number of hydrogen-bond acceptors (Lipinski definition) is 3. The van der Waals surface area contributed by atoms with E-state index in [1.54, 1.807) is 0 Å². The van der Waals surface area contributed by atoms with Crippen LogP contribution in [0, 0.1) is 15.9 Å². The first-order valence-corrected chi connectivity index (χ1v) is 8.52. The summed E-state index contributed by atoms with van der Waals surface area (Å²) < 4.78 is 13.6. The van der Waals surface area contributed by atoms with Gasteiger partial charge in [-0.25, -0.2) is 9.18 Å². The summed E-state index contributed by atoms with van der Waals surface area (Å²) in [7, 11) is -1.66. The number of benzene rings is 2. The minimum Gasteiger partial charge on any atom is -0.478 e. The molecule has 0 saturated heterocycles. The number of halogens is 3. The van der Waals surface area contributed by atoms with Gasteiger partial charge in [-0.3, -0.25) is 10.1 Å². The number of carboxylic acid groups (broad SMARTS) is 1. The normalized spacial score (nSPS) is 11.0. The van der Waals surface area contributed by atoms with E-state index in [-0.39, 0.29) is 21.5 Å². The van der Waals surface area contributed by atoms with Gasteiger partial charge in [0.15, 0.2) is 0 Å². The SMILES string of the molecule is O=C(O)c1cc(Br)cc([N+](=O)[O-])c1[SiH2]c1cc(F)ccc1Cl. The number of hydrogen-bond donors (Lipinski definition) is 1. The Labute approximate surface area is 139 Å². The van der Waals surface area contributed by atoms with Crippen LogP contribution in [0.4, 0.5) is 10.1 Å². The lowest BCUT2D eigenvalue weighted by atomic mass is 10.2. The number of nitrogens with zero attached hydrogens (tertiary/aromatic N) is 1. The molecule has 0 aliphatic rings. The summed E-state index contributed by atoms with van der Waals surface area (Å²) in [6.45, 7) is 0. The molecule has 0 spiro atoms. The summed E-state index contributed by atoms with van der Waals surface area (Å²) >= 11 is 9.04. The number of aromatic carboxylic acids is 1. The van der Waals surface area contributed by atoms with E-state index >= 15 is 0 Å². The van der Waals surface area contributed by atoms with E-state index in [9.17, 15) is 24.4 Å². The van der Waals surface area contributed by atoms with Gasteiger partial charge in [-0.2, -0.15) is 0 Å². The molecule has 0 aromatic heterocycles. The van der Waals surface area contributed by atoms with Gasteiger partial charge in [0.25, 0.3) is 5.69 Å². The Balaban J connectivity index is 2.64. The van der Waals surface area contributed by atoms with E-state index in [1.165, 1.54) is 30.3 Å². The van der Waals surface area contributed by atoms with Crippen LogP contribution in [0.5, 0.6) is 0 Å². The molecule has 2 aromatic carbocycles. The summed E-state index contributed by atoms with van der Waals surface area (Å²) in [5, 5.41) is 21.2. The number of rotatable bonds is 4. The van der Waals surface area contributed by atoms with Gasteiger partial charge >= 0.3 is 5.97 Å². The molecule has 0 atom stereocenters. The minimum atomic E-state index is -1.66. The Morgan fingerprint density at radius 2 is 2.05 bits per heavy atom. The van der Waals surface area contributed by atoms with Crippen LogP contribution >= 0.6 is 27.5 Å². The smallest absolute Gasteiger partial charge is 0.335 e. The summed E-state index contributed by atoms with van der Waals surface area (Å²) in [6, 6.07) is 6.25. The van der Waals surface area contributed by atoms with Crippen molar-refractivity contribution < 1.29 is 19.2 Å². The van der Waals surface area contributed by atoms with Crippen molar-refractivity contribution >= 4 is 59.1 Å². The van der Waals surface area contributed by atoms with Gasteiger partial charge in [0.1, 0.15) is 5.82 Å². The highest BCUT2D eigenvalue weighted by Gasteiger charge is 2.24. The maximum absolute atomic E-state index is 13.3. The summed E-state index contributed by atoms with van der Waals surface area (Å²) in [4.78, 5) is 21.9. The number of carboxylic acids is 1. The van der Waals surface area contributed by atoms with Gasteiger partial charge < -0.3 is 5.11 Å². The molecular formula is C13H8BrClFNO4Si. The lowest BCUT2D eigenvalue weighted by molar-refractivity contribution is -0.383. The first-order chi connectivity index (χ1) is 10.3. The molecule has 0 radical (unpaired) electrons. The molecule has 2 aromatic rings. The molecule has 114 valence electrons. The lowest BCUT2D eigenvalue weighted by Gasteiger charge is -2.09. The molecule has 0 aliphatic carbocycles. The van der Waals surface area contributed by atoms with E-state index in [2.05, 4.69) is 15.9 Å². The zero-order valence-electron chi connectivity index (χ0n) is 10.8. The zero-order valence-corrected chi connectivity index (χ0v) is 14.6. The van der Waals surface area contributed by atoms with E-state index < -0.39 is 26.2 Å². The molecule has 0 heterocycles. The molecule has 0 fully saturated rings. The fraction of sp³-hybridized carbons (Fsp3) is 0. The van der Waals surface area contributed by atoms with Gasteiger partial charge in [-0.1, -0.05) is 27.5 Å². The predicted octanol–water partition coefficient (Wildman–Crippen LogP) is 1.97. The molecule has 0 aliphatic heterocycles. The Kier molecular flexibility index (Phi) is 4.94. The van der Waals surface area contributed by atoms with Gasteiger partial charge in [-0.05, 0) is 29.5 Å². The lowest BCUT2D eigenvalue weighted by Crippen LogP contribution is -2.34. The van der Waals surface area contributed by atoms with Gasteiger partial charge in [0.2, 0.25) is 0 Å². The van der Waals surface area contributed by atoms with Crippen molar-refractivity contribution in [2.75, 3.05) is 0 Å². The first-order valence-electron chi connectivity index (χ1n) is 5.93. The van der Waals surface area contributed by atoms with Gasteiger partial charge in [0, 0.05) is 20.7 Å².